The molecule has 0 bridgehead atoms. The summed E-state index contributed by atoms with van der Waals surface area (Å²) in [4.78, 5) is 4.38. The van der Waals surface area contributed by atoms with E-state index in [1.807, 2.05) is 36.4 Å². The molecule has 0 saturated heterocycles. The Morgan fingerprint density at radius 2 is 2.11 bits per heavy atom. The molecule has 2 aromatic rings. The third-order valence-corrected chi connectivity index (χ3v) is 3.38. The van der Waals surface area contributed by atoms with Gasteiger partial charge in [-0.3, -0.25) is 0 Å². The van der Waals surface area contributed by atoms with Crippen molar-refractivity contribution in [1.29, 1.82) is 0 Å². The molecule has 0 spiro atoms. The second-order valence-electron chi connectivity index (χ2n) is 4.11. The number of benzene rings is 1. The molecule has 0 fully saturated rings. The molecule has 3 nitrogen and oxygen atoms in total. The van der Waals surface area contributed by atoms with E-state index in [-0.39, 0.29) is 0 Å². The minimum Gasteiger partial charge on any atom is -0.477 e. The molecule has 0 saturated carbocycles. The van der Waals surface area contributed by atoms with E-state index in [1.54, 1.807) is 0 Å². The normalized spacial score (nSPS) is 12.9. The molecule has 92 valence electrons. The quantitative estimate of drug-likeness (QED) is 0.871. The standard InChI is InChI=1S/C14H12BrNO2/c15-12-8-11-6-7-17-13(11)16-14(12)18-9-10-4-2-1-3-5-10/h1-5,8H,6-7,9H2. The van der Waals surface area contributed by atoms with Crippen molar-refractivity contribution in [3.63, 3.8) is 0 Å². The van der Waals surface area contributed by atoms with Crippen molar-refractivity contribution < 1.29 is 9.47 Å². The summed E-state index contributed by atoms with van der Waals surface area (Å²) in [7, 11) is 0. The molecule has 0 N–H and O–H groups in total. The van der Waals surface area contributed by atoms with Crippen molar-refractivity contribution >= 4 is 15.9 Å². The maximum atomic E-state index is 5.71. The van der Waals surface area contributed by atoms with Gasteiger partial charge in [-0.05, 0) is 27.6 Å². The molecule has 2 heterocycles. The van der Waals surface area contributed by atoms with E-state index in [4.69, 9.17) is 9.47 Å². The van der Waals surface area contributed by atoms with Gasteiger partial charge in [-0.1, -0.05) is 30.3 Å². The third-order valence-electron chi connectivity index (χ3n) is 2.81. The monoisotopic (exact) mass is 305 g/mol. The molecule has 1 aliphatic rings. The second kappa shape index (κ2) is 4.98. The Bertz CT molecular complexity index is 557. The number of aromatic nitrogens is 1. The number of rotatable bonds is 3. The largest absolute Gasteiger partial charge is 0.477 e. The summed E-state index contributed by atoms with van der Waals surface area (Å²) in [6.45, 7) is 1.21. The molecule has 0 atom stereocenters. The summed E-state index contributed by atoms with van der Waals surface area (Å²) in [6, 6.07) is 12.0. The van der Waals surface area contributed by atoms with Gasteiger partial charge in [0.15, 0.2) is 0 Å². The van der Waals surface area contributed by atoms with Crippen molar-refractivity contribution in [2.45, 2.75) is 13.0 Å². The van der Waals surface area contributed by atoms with Crippen molar-refractivity contribution in [3.05, 3.63) is 52.0 Å². The van der Waals surface area contributed by atoms with Gasteiger partial charge in [-0.25, -0.2) is 0 Å². The zero-order valence-electron chi connectivity index (χ0n) is 9.73. The molecule has 0 amide bonds. The highest BCUT2D eigenvalue weighted by molar-refractivity contribution is 9.10. The molecule has 1 aromatic heterocycles. The summed E-state index contributed by atoms with van der Waals surface area (Å²) in [5.41, 5.74) is 2.25. The summed E-state index contributed by atoms with van der Waals surface area (Å²) in [5, 5.41) is 0. The lowest BCUT2D eigenvalue weighted by molar-refractivity contribution is 0.282. The fourth-order valence-corrected chi connectivity index (χ4v) is 2.36. The topological polar surface area (TPSA) is 31.4 Å². The van der Waals surface area contributed by atoms with Crippen LogP contribution in [0.5, 0.6) is 11.8 Å². The van der Waals surface area contributed by atoms with Gasteiger partial charge in [0.05, 0.1) is 11.1 Å². The molecule has 1 aliphatic heterocycles. The third kappa shape index (κ3) is 2.34. The number of hydrogen-bond acceptors (Lipinski definition) is 3. The number of hydrogen-bond donors (Lipinski definition) is 0. The van der Waals surface area contributed by atoms with Gasteiger partial charge in [0.25, 0.3) is 0 Å². The van der Waals surface area contributed by atoms with E-state index in [0.717, 1.165) is 22.0 Å². The molecule has 1 aromatic carbocycles. The van der Waals surface area contributed by atoms with Crippen LogP contribution in [0, 0.1) is 0 Å². The van der Waals surface area contributed by atoms with Crippen LogP contribution < -0.4 is 9.47 Å². The number of ether oxygens (including phenoxy) is 2. The number of fused-ring (bicyclic) bond motifs is 1. The molecule has 0 radical (unpaired) electrons. The number of pyridine rings is 1. The zero-order valence-corrected chi connectivity index (χ0v) is 11.3. The molecule has 0 unspecified atom stereocenters. The van der Waals surface area contributed by atoms with Crippen LogP contribution in [0.4, 0.5) is 0 Å². The summed E-state index contributed by atoms with van der Waals surface area (Å²) < 4.78 is 12.0. The highest BCUT2D eigenvalue weighted by atomic mass is 79.9. The van der Waals surface area contributed by atoms with Gasteiger partial charge < -0.3 is 9.47 Å². The molecule has 3 rings (SSSR count). The van der Waals surface area contributed by atoms with Crippen LogP contribution in [0.15, 0.2) is 40.9 Å². The molecule has 18 heavy (non-hydrogen) atoms. The Kier molecular flexibility index (Phi) is 3.19. The Hall–Kier alpha value is -1.55. The fourth-order valence-electron chi connectivity index (χ4n) is 1.88. The van der Waals surface area contributed by atoms with E-state index in [1.165, 1.54) is 0 Å². The van der Waals surface area contributed by atoms with Crippen LogP contribution in [-0.2, 0) is 13.0 Å². The van der Waals surface area contributed by atoms with E-state index in [2.05, 4.69) is 20.9 Å². The van der Waals surface area contributed by atoms with E-state index < -0.39 is 0 Å². The average molecular weight is 306 g/mol. The van der Waals surface area contributed by atoms with Gasteiger partial charge in [0, 0.05) is 12.0 Å². The molecular formula is C14H12BrNO2. The first-order chi connectivity index (χ1) is 8.83. The van der Waals surface area contributed by atoms with Crippen molar-refractivity contribution in [2.24, 2.45) is 0 Å². The molecular weight excluding hydrogens is 294 g/mol. The second-order valence-corrected chi connectivity index (χ2v) is 4.97. The van der Waals surface area contributed by atoms with Crippen LogP contribution in [-0.4, -0.2) is 11.6 Å². The smallest absolute Gasteiger partial charge is 0.231 e. The highest BCUT2D eigenvalue weighted by Crippen LogP contribution is 2.32. The molecule has 0 aliphatic carbocycles. The Morgan fingerprint density at radius 3 is 2.94 bits per heavy atom. The maximum Gasteiger partial charge on any atom is 0.231 e. The van der Waals surface area contributed by atoms with Crippen molar-refractivity contribution in [2.75, 3.05) is 6.61 Å². The average Bonchev–Trinajstić information content (AvgIpc) is 2.84. The van der Waals surface area contributed by atoms with Gasteiger partial charge in [0.1, 0.15) is 6.61 Å². The number of halogens is 1. The van der Waals surface area contributed by atoms with Crippen LogP contribution >= 0.6 is 15.9 Å². The SMILES string of the molecule is Brc1cc2c(nc1OCc1ccccc1)OCC2. The van der Waals surface area contributed by atoms with Crippen LogP contribution in [0.1, 0.15) is 11.1 Å². The number of nitrogens with zero attached hydrogens (tertiary/aromatic N) is 1. The van der Waals surface area contributed by atoms with Gasteiger partial charge in [0.2, 0.25) is 11.8 Å². The van der Waals surface area contributed by atoms with Crippen LogP contribution in [0.3, 0.4) is 0 Å². The minimum absolute atomic E-state index is 0.505. The van der Waals surface area contributed by atoms with Gasteiger partial charge in [-0.2, -0.15) is 4.98 Å². The Labute approximate surface area is 114 Å². The fraction of sp³-hybridized carbons (Fsp3) is 0.214. The minimum atomic E-state index is 0.505. The van der Waals surface area contributed by atoms with Crippen molar-refractivity contribution in [3.8, 4) is 11.8 Å². The summed E-state index contributed by atoms with van der Waals surface area (Å²) >= 11 is 3.48. The predicted molar refractivity (Wildman–Crippen MR) is 71.9 cm³/mol. The predicted octanol–water partition coefficient (Wildman–Crippen LogP) is 3.36. The van der Waals surface area contributed by atoms with E-state index in [9.17, 15) is 0 Å². The van der Waals surface area contributed by atoms with Gasteiger partial charge >= 0.3 is 0 Å². The highest BCUT2D eigenvalue weighted by Gasteiger charge is 2.17. The Morgan fingerprint density at radius 1 is 1.28 bits per heavy atom. The summed E-state index contributed by atoms with van der Waals surface area (Å²) in [5.74, 6) is 1.28. The van der Waals surface area contributed by atoms with E-state index in [0.29, 0.717) is 25.0 Å². The first-order valence-corrected chi connectivity index (χ1v) is 6.61. The van der Waals surface area contributed by atoms with Crippen LogP contribution in [0.25, 0.3) is 0 Å². The van der Waals surface area contributed by atoms with Crippen LogP contribution in [0.2, 0.25) is 0 Å². The maximum absolute atomic E-state index is 5.71. The Balaban J connectivity index is 1.77. The zero-order chi connectivity index (χ0) is 12.4. The lowest BCUT2D eigenvalue weighted by atomic mass is 10.2. The first-order valence-electron chi connectivity index (χ1n) is 5.82. The van der Waals surface area contributed by atoms with Crippen molar-refractivity contribution in [1.82, 2.24) is 4.98 Å². The lowest BCUT2D eigenvalue weighted by Crippen LogP contribution is -1.99. The first kappa shape index (κ1) is 11.5. The summed E-state index contributed by atoms with van der Waals surface area (Å²) in [6.07, 6.45) is 0.917. The lowest BCUT2D eigenvalue weighted by Gasteiger charge is -2.08. The molecule has 4 heteroatoms. The van der Waals surface area contributed by atoms with E-state index >= 15 is 0 Å². The van der Waals surface area contributed by atoms with Gasteiger partial charge in [-0.15, -0.1) is 0 Å².